The molecule has 19 heavy (non-hydrogen) atoms. The Kier molecular flexibility index (Phi) is 4.97. The van der Waals surface area contributed by atoms with Crippen LogP contribution in [0.1, 0.15) is 19.3 Å². The standard InChI is InChI=1S/C15H20ClNO2/c1-18-14-9-15(19-2)13(8-12(14)16)17-10-11-6-4-3-5-7-11/h3-4,8-9,11,17H,5-7,10H2,1-2H3. The molecule has 3 nitrogen and oxygen atoms in total. The van der Waals surface area contributed by atoms with Crippen LogP contribution >= 0.6 is 11.6 Å². The molecule has 1 aliphatic rings. The molecular formula is C15H20ClNO2. The Morgan fingerprint density at radius 3 is 2.63 bits per heavy atom. The fraction of sp³-hybridized carbons (Fsp3) is 0.467. The Balaban J connectivity index is 2.06. The zero-order valence-corrected chi connectivity index (χ0v) is 12.2. The first-order valence-corrected chi connectivity index (χ1v) is 6.92. The summed E-state index contributed by atoms with van der Waals surface area (Å²) in [4.78, 5) is 0. The smallest absolute Gasteiger partial charge is 0.145 e. The molecular weight excluding hydrogens is 262 g/mol. The third-order valence-electron chi connectivity index (χ3n) is 3.43. The highest BCUT2D eigenvalue weighted by atomic mass is 35.5. The molecule has 0 aliphatic heterocycles. The lowest BCUT2D eigenvalue weighted by atomic mass is 9.94. The number of allylic oxidation sites excluding steroid dienone is 2. The van der Waals surface area contributed by atoms with Crippen molar-refractivity contribution >= 4 is 17.3 Å². The zero-order valence-electron chi connectivity index (χ0n) is 11.4. The number of anilines is 1. The van der Waals surface area contributed by atoms with Crippen molar-refractivity contribution < 1.29 is 9.47 Å². The second-order valence-electron chi connectivity index (χ2n) is 4.72. The normalized spacial score (nSPS) is 18.2. The van der Waals surface area contributed by atoms with Gasteiger partial charge in [-0.05, 0) is 31.2 Å². The maximum absolute atomic E-state index is 6.15. The van der Waals surface area contributed by atoms with Gasteiger partial charge in [-0.2, -0.15) is 0 Å². The maximum atomic E-state index is 6.15. The van der Waals surface area contributed by atoms with Gasteiger partial charge in [0, 0.05) is 12.6 Å². The molecule has 0 saturated carbocycles. The lowest BCUT2D eigenvalue weighted by Gasteiger charge is -2.20. The van der Waals surface area contributed by atoms with E-state index >= 15 is 0 Å². The highest BCUT2D eigenvalue weighted by Crippen LogP contribution is 2.36. The number of methoxy groups -OCH3 is 2. The van der Waals surface area contributed by atoms with Crippen LogP contribution in [0.3, 0.4) is 0 Å². The molecule has 0 spiro atoms. The van der Waals surface area contributed by atoms with Crippen LogP contribution in [0.2, 0.25) is 5.02 Å². The van der Waals surface area contributed by atoms with Crippen LogP contribution in [0.15, 0.2) is 24.3 Å². The molecule has 1 aromatic carbocycles. The van der Waals surface area contributed by atoms with Gasteiger partial charge in [0.25, 0.3) is 0 Å². The SMILES string of the molecule is COc1cc(OC)c(NCC2CC=CCC2)cc1Cl. The summed E-state index contributed by atoms with van der Waals surface area (Å²) in [6.45, 7) is 0.934. The fourth-order valence-corrected chi connectivity index (χ4v) is 2.54. The average Bonchev–Trinajstić information content (AvgIpc) is 2.46. The molecule has 0 fully saturated rings. The first-order chi connectivity index (χ1) is 9.24. The lowest BCUT2D eigenvalue weighted by Crippen LogP contribution is -2.15. The minimum Gasteiger partial charge on any atom is -0.495 e. The van der Waals surface area contributed by atoms with Crippen molar-refractivity contribution in [2.45, 2.75) is 19.3 Å². The number of nitrogens with one attached hydrogen (secondary N) is 1. The molecule has 0 radical (unpaired) electrons. The van der Waals surface area contributed by atoms with Crippen molar-refractivity contribution in [1.29, 1.82) is 0 Å². The first-order valence-electron chi connectivity index (χ1n) is 6.55. The van der Waals surface area contributed by atoms with Gasteiger partial charge in [0.05, 0.1) is 24.9 Å². The second-order valence-corrected chi connectivity index (χ2v) is 5.13. The highest BCUT2D eigenvalue weighted by Gasteiger charge is 2.13. The summed E-state index contributed by atoms with van der Waals surface area (Å²) in [6, 6.07) is 3.67. The van der Waals surface area contributed by atoms with Gasteiger partial charge >= 0.3 is 0 Å². The van der Waals surface area contributed by atoms with Crippen molar-refractivity contribution in [1.82, 2.24) is 0 Å². The maximum Gasteiger partial charge on any atom is 0.145 e. The van der Waals surface area contributed by atoms with Crippen molar-refractivity contribution in [3.8, 4) is 11.5 Å². The van der Waals surface area contributed by atoms with Crippen LogP contribution in [-0.4, -0.2) is 20.8 Å². The Morgan fingerprint density at radius 1 is 1.21 bits per heavy atom. The van der Waals surface area contributed by atoms with Gasteiger partial charge in [0.2, 0.25) is 0 Å². The molecule has 0 heterocycles. The Labute approximate surface area is 119 Å². The summed E-state index contributed by atoms with van der Waals surface area (Å²) in [5.74, 6) is 2.06. The van der Waals surface area contributed by atoms with E-state index in [1.807, 2.05) is 12.1 Å². The number of hydrogen-bond donors (Lipinski definition) is 1. The van der Waals surface area contributed by atoms with Gasteiger partial charge in [-0.1, -0.05) is 23.8 Å². The second kappa shape index (κ2) is 6.71. The van der Waals surface area contributed by atoms with E-state index in [-0.39, 0.29) is 0 Å². The Hall–Kier alpha value is -1.35. The van der Waals surface area contributed by atoms with Crippen molar-refractivity contribution in [2.24, 2.45) is 5.92 Å². The molecule has 0 amide bonds. The van der Waals surface area contributed by atoms with Crippen LogP contribution < -0.4 is 14.8 Å². The fourth-order valence-electron chi connectivity index (χ4n) is 2.29. The van der Waals surface area contributed by atoms with E-state index in [0.717, 1.165) is 24.4 Å². The molecule has 0 bridgehead atoms. The molecule has 4 heteroatoms. The predicted molar refractivity (Wildman–Crippen MR) is 79.5 cm³/mol. The molecule has 104 valence electrons. The number of rotatable bonds is 5. The molecule has 0 saturated heterocycles. The Morgan fingerprint density at radius 2 is 2.00 bits per heavy atom. The molecule has 1 aromatic rings. The molecule has 0 aromatic heterocycles. The Bertz CT molecular complexity index is 460. The number of benzene rings is 1. The third-order valence-corrected chi connectivity index (χ3v) is 3.73. The van der Waals surface area contributed by atoms with Gasteiger partial charge < -0.3 is 14.8 Å². The molecule has 1 N–H and O–H groups in total. The number of halogens is 1. The number of ether oxygens (including phenoxy) is 2. The molecule has 1 atom stereocenters. The monoisotopic (exact) mass is 281 g/mol. The van der Waals surface area contributed by atoms with E-state index in [4.69, 9.17) is 21.1 Å². The summed E-state index contributed by atoms with van der Waals surface area (Å²) < 4.78 is 10.6. The van der Waals surface area contributed by atoms with E-state index in [1.54, 1.807) is 14.2 Å². The zero-order chi connectivity index (χ0) is 13.7. The quantitative estimate of drug-likeness (QED) is 0.824. The van der Waals surface area contributed by atoms with Gasteiger partial charge in [0.15, 0.2) is 0 Å². The summed E-state index contributed by atoms with van der Waals surface area (Å²) in [5, 5.41) is 4.02. The minimum atomic E-state index is 0.592. The molecule has 2 rings (SSSR count). The van der Waals surface area contributed by atoms with Crippen molar-refractivity contribution in [2.75, 3.05) is 26.1 Å². The third kappa shape index (κ3) is 3.57. The van der Waals surface area contributed by atoms with Crippen LogP contribution in [0.4, 0.5) is 5.69 Å². The highest BCUT2D eigenvalue weighted by molar-refractivity contribution is 6.32. The van der Waals surface area contributed by atoms with Gasteiger partial charge in [-0.25, -0.2) is 0 Å². The van der Waals surface area contributed by atoms with Gasteiger partial charge in [0.1, 0.15) is 11.5 Å². The lowest BCUT2D eigenvalue weighted by molar-refractivity contribution is 0.395. The summed E-state index contributed by atoms with van der Waals surface area (Å²) in [6.07, 6.45) is 8.05. The summed E-state index contributed by atoms with van der Waals surface area (Å²) in [5.41, 5.74) is 0.919. The van der Waals surface area contributed by atoms with Crippen molar-refractivity contribution in [3.05, 3.63) is 29.3 Å². The van der Waals surface area contributed by atoms with Crippen molar-refractivity contribution in [3.63, 3.8) is 0 Å². The summed E-state index contributed by atoms with van der Waals surface area (Å²) >= 11 is 6.15. The van der Waals surface area contributed by atoms with Crippen LogP contribution in [0, 0.1) is 5.92 Å². The predicted octanol–water partition coefficient (Wildman–Crippen LogP) is 4.13. The van der Waals surface area contributed by atoms with Gasteiger partial charge in [-0.15, -0.1) is 0 Å². The van der Waals surface area contributed by atoms with E-state index < -0.39 is 0 Å². The summed E-state index contributed by atoms with van der Waals surface area (Å²) in [7, 11) is 3.25. The molecule has 1 unspecified atom stereocenters. The van der Waals surface area contributed by atoms with Crippen LogP contribution in [-0.2, 0) is 0 Å². The van der Waals surface area contributed by atoms with E-state index in [0.29, 0.717) is 16.7 Å². The van der Waals surface area contributed by atoms with Crippen LogP contribution in [0.25, 0.3) is 0 Å². The van der Waals surface area contributed by atoms with E-state index in [2.05, 4.69) is 17.5 Å². The number of hydrogen-bond acceptors (Lipinski definition) is 3. The molecule has 1 aliphatic carbocycles. The average molecular weight is 282 g/mol. The van der Waals surface area contributed by atoms with Crippen LogP contribution in [0.5, 0.6) is 11.5 Å². The van der Waals surface area contributed by atoms with E-state index in [1.165, 1.54) is 12.8 Å². The van der Waals surface area contributed by atoms with Gasteiger partial charge in [-0.3, -0.25) is 0 Å². The topological polar surface area (TPSA) is 30.5 Å². The first kappa shape index (κ1) is 14.1. The minimum absolute atomic E-state index is 0.592. The van der Waals surface area contributed by atoms with E-state index in [9.17, 15) is 0 Å². The largest absolute Gasteiger partial charge is 0.495 e.